The van der Waals surface area contributed by atoms with E-state index in [2.05, 4.69) is 20.1 Å². The third-order valence-corrected chi connectivity index (χ3v) is 4.22. The standard InChI is InChI=1S/C13H22N4O/c18-9-10-4-3-7-17-12(15-16-13(10)17)8-11-5-1-2-6-14-11/h10-11,14,18H,1-9H2. The minimum atomic E-state index is 0.194. The first-order valence-corrected chi connectivity index (χ1v) is 7.14. The second kappa shape index (κ2) is 5.36. The Labute approximate surface area is 108 Å². The molecule has 3 heterocycles. The van der Waals surface area contributed by atoms with Crippen LogP contribution in [0.15, 0.2) is 0 Å². The van der Waals surface area contributed by atoms with Crippen molar-refractivity contribution >= 4 is 0 Å². The van der Waals surface area contributed by atoms with Crippen LogP contribution in [-0.4, -0.2) is 39.1 Å². The van der Waals surface area contributed by atoms with Gasteiger partial charge < -0.3 is 15.0 Å². The average molecular weight is 250 g/mol. The summed E-state index contributed by atoms with van der Waals surface area (Å²) in [5, 5.41) is 21.6. The number of aliphatic hydroxyl groups excluding tert-OH is 1. The summed E-state index contributed by atoms with van der Waals surface area (Å²) in [6.07, 6.45) is 6.99. The van der Waals surface area contributed by atoms with Crippen molar-refractivity contribution in [2.45, 2.75) is 57.0 Å². The number of aliphatic hydroxyl groups is 1. The molecule has 1 aromatic heterocycles. The van der Waals surface area contributed by atoms with E-state index in [9.17, 15) is 5.11 Å². The van der Waals surface area contributed by atoms with Crippen molar-refractivity contribution in [2.24, 2.45) is 0 Å². The first-order valence-electron chi connectivity index (χ1n) is 7.14. The van der Waals surface area contributed by atoms with E-state index in [0.29, 0.717) is 6.04 Å². The Morgan fingerprint density at radius 2 is 2.17 bits per heavy atom. The van der Waals surface area contributed by atoms with Crippen LogP contribution in [-0.2, 0) is 13.0 Å². The number of rotatable bonds is 3. The number of nitrogens with one attached hydrogen (secondary N) is 1. The highest BCUT2D eigenvalue weighted by Crippen LogP contribution is 2.26. The molecule has 2 N–H and O–H groups in total. The molecule has 1 aromatic rings. The molecule has 0 radical (unpaired) electrons. The summed E-state index contributed by atoms with van der Waals surface area (Å²) in [4.78, 5) is 0. The van der Waals surface area contributed by atoms with Crippen molar-refractivity contribution in [3.8, 4) is 0 Å². The van der Waals surface area contributed by atoms with Gasteiger partial charge in [-0.3, -0.25) is 0 Å². The first-order chi connectivity index (χ1) is 8.88. The molecule has 18 heavy (non-hydrogen) atoms. The molecule has 3 rings (SSSR count). The van der Waals surface area contributed by atoms with Gasteiger partial charge in [0.25, 0.3) is 0 Å². The predicted molar refractivity (Wildman–Crippen MR) is 68.4 cm³/mol. The fourth-order valence-electron chi connectivity index (χ4n) is 3.16. The quantitative estimate of drug-likeness (QED) is 0.834. The van der Waals surface area contributed by atoms with E-state index >= 15 is 0 Å². The van der Waals surface area contributed by atoms with E-state index in [-0.39, 0.29) is 12.5 Å². The Bertz CT molecular complexity index is 398. The van der Waals surface area contributed by atoms with E-state index in [1.165, 1.54) is 19.3 Å². The van der Waals surface area contributed by atoms with Crippen LogP contribution in [0, 0.1) is 0 Å². The highest BCUT2D eigenvalue weighted by atomic mass is 16.3. The van der Waals surface area contributed by atoms with Crippen LogP contribution >= 0.6 is 0 Å². The molecule has 0 aliphatic carbocycles. The minimum Gasteiger partial charge on any atom is -0.396 e. The van der Waals surface area contributed by atoms with Crippen molar-refractivity contribution in [3.05, 3.63) is 11.6 Å². The zero-order valence-corrected chi connectivity index (χ0v) is 10.8. The summed E-state index contributed by atoms with van der Waals surface area (Å²) < 4.78 is 2.24. The average Bonchev–Trinajstić information content (AvgIpc) is 2.83. The lowest BCUT2D eigenvalue weighted by molar-refractivity contribution is 0.236. The highest BCUT2D eigenvalue weighted by molar-refractivity contribution is 5.06. The van der Waals surface area contributed by atoms with Crippen molar-refractivity contribution in [3.63, 3.8) is 0 Å². The number of hydrogen-bond donors (Lipinski definition) is 2. The minimum absolute atomic E-state index is 0.194. The van der Waals surface area contributed by atoms with Crippen molar-refractivity contribution in [2.75, 3.05) is 13.2 Å². The van der Waals surface area contributed by atoms with Crippen molar-refractivity contribution in [1.82, 2.24) is 20.1 Å². The third-order valence-electron chi connectivity index (χ3n) is 4.22. The number of fused-ring (bicyclic) bond motifs is 1. The van der Waals surface area contributed by atoms with Gasteiger partial charge in [0, 0.05) is 24.9 Å². The van der Waals surface area contributed by atoms with Crippen LogP contribution in [0.4, 0.5) is 0 Å². The van der Waals surface area contributed by atoms with E-state index in [1.54, 1.807) is 0 Å². The smallest absolute Gasteiger partial charge is 0.138 e. The third kappa shape index (κ3) is 2.29. The summed E-state index contributed by atoms with van der Waals surface area (Å²) in [5.41, 5.74) is 0. The molecule has 1 fully saturated rings. The molecule has 0 spiro atoms. The Morgan fingerprint density at radius 3 is 2.94 bits per heavy atom. The Morgan fingerprint density at radius 1 is 1.22 bits per heavy atom. The van der Waals surface area contributed by atoms with Crippen molar-refractivity contribution < 1.29 is 5.11 Å². The lowest BCUT2D eigenvalue weighted by Gasteiger charge is -2.25. The number of aromatic nitrogens is 3. The molecule has 1 saturated heterocycles. The van der Waals surface area contributed by atoms with Crippen molar-refractivity contribution in [1.29, 1.82) is 0 Å². The normalized spacial score (nSPS) is 28.1. The Balaban J connectivity index is 1.74. The lowest BCUT2D eigenvalue weighted by atomic mass is 9.99. The highest BCUT2D eigenvalue weighted by Gasteiger charge is 2.26. The fourth-order valence-corrected chi connectivity index (χ4v) is 3.16. The molecule has 5 heteroatoms. The maximum absolute atomic E-state index is 9.38. The summed E-state index contributed by atoms with van der Waals surface area (Å²) in [6, 6.07) is 0.557. The number of piperidine rings is 1. The van der Waals surface area contributed by atoms with Gasteiger partial charge in [-0.1, -0.05) is 6.42 Å². The zero-order valence-electron chi connectivity index (χ0n) is 10.8. The number of hydrogen-bond acceptors (Lipinski definition) is 4. The molecular formula is C13H22N4O. The summed E-state index contributed by atoms with van der Waals surface area (Å²) in [5.74, 6) is 2.29. The van der Waals surface area contributed by atoms with E-state index in [4.69, 9.17) is 0 Å². The van der Waals surface area contributed by atoms with Crippen LogP contribution in [0.3, 0.4) is 0 Å². The summed E-state index contributed by atoms with van der Waals surface area (Å²) in [6.45, 7) is 2.34. The molecule has 5 nitrogen and oxygen atoms in total. The fraction of sp³-hybridized carbons (Fsp3) is 0.846. The van der Waals surface area contributed by atoms with Gasteiger partial charge in [0.05, 0.1) is 6.61 Å². The SMILES string of the molecule is OCC1CCCn2c(CC3CCCCN3)nnc21. The van der Waals surface area contributed by atoms with Gasteiger partial charge >= 0.3 is 0 Å². The molecular weight excluding hydrogens is 228 g/mol. The topological polar surface area (TPSA) is 63.0 Å². The zero-order chi connectivity index (χ0) is 12.4. The van der Waals surface area contributed by atoms with Gasteiger partial charge in [0.1, 0.15) is 11.6 Å². The summed E-state index contributed by atoms with van der Waals surface area (Å²) >= 11 is 0. The Hall–Kier alpha value is -0.940. The predicted octanol–water partition coefficient (Wildman–Crippen LogP) is 0.832. The van der Waals surface area contributed by atoms with Crippen LogP contribution in [0.25, 0.3) is 0 Å². The molecule has 2 aliphatic rings. The second-order valence-corrected chi connectivity index (χ2v) is 5.50. The molecule has 0 amide bonds. The van der Waals surface area contributed by atoms with E-state index in [1.807, 2.05) is 0 Å². The molecule has 2 atom stereocenters. The van der Waals surface area contributed by atoms with E-state index in [0.717, 1.165) is 44.0 Å². The summed E-state index contributed by atoms with van der Waals surface area (Å²) in [7, 11) is 0. The monoisotopic (exact) mass is 250 g/mol. The molecule has 0 bridgehead atoms. The molecule has 2 aliphatic heterocycles. The van der Waals surface area contributed by atoms with Crippen LogP contribution < -0.4 is 5.32 Å². The number of nitrogens with zero attached hydrogens (tertiary/aromatic N) is 3. The molecule has 0 saturated carbocycles. The van der Waals surface area contributed by atoms with Gasteiger partial charge in [-0.15, -0.1) is 10.2 Å². The van der Waals surface area contributed by atoms with Crippen LogP contribution in [0.2, 0.25) is 0 Å². The first kappa shape index (κ1) is 12.1. The maximum atomic E-state index is 9.38. The van der Waals surface area contributed by atoms with Gasteiger partial charge in [0.2, 0.25) is 0 Å². The molecule has 100 valence electrons. The second-order valence-electron chi connectivity index (χ2n) is 5.50. The maximum Gasteiger partial charge on any atom is 0.138 e. The lowest BCUT2D eigenvalue weighted by Crippen LogP contribution is -2.36. The Kier molecular flexibility index (Phi) is 3.61. The van der Waals surface area contributed by atoms with Crippen LogP contribution in [0.1, 0.15) is 49.7 Å². The van der Waals surface area contributed by atoms with Gasteiger partial charge in [-0.25, -0.2) is 0 Å². The van der Waals surface area contributed by atoms with E-state index < -0.39 is 0 Å². The molecule has 0 aromatic carbocycles. The van der Waals surface area contributed by atoms with Gasteiger partial charge in [0.15, 0.2) is 0 Å². The van der Waals surface area contributed by atoms with Crippen LogP contribution in [0.5, 0.6) is 0 Å². The van der Waals surface area contributed by atoms with Gasteiger partial charge in [-0.05, 0) is 32.2 Å². The molecule has 2 unspecified atom stereocenters. The van der Waals surface area contributed by atoms with Gasteiger partial charge in [-0.2, -0.15) is 0 Å². The largest absolute Gasteiger partial charge is 0.396 e.